The Labute approximate surface area is 129 Å². The molecular weight excluding hydrogens is 281 g/mol. The monoisotopic (exact) mass is 299 g/mol. The van der Waals surface area contributed by atoms with Crippen molar-refractivity contribution < 1.29 is 13.9 Å². The molecule has 22 heavy (non-hydrogen) atoms. The lowest BCUT2D eigenvalue weighted by molar-refractivity contribution is -0.120. The Morgan fingerprint density at radius 3 is 2.77 bits per heavy atom. The number of fused-ring (bicyclic) bond motifs is 1. The second-order valence-corrected chi connectivity index (χ2v) is 5.52. The lowest BCUT2D eigenvalue weighted by Gasteiger charge is -2.29. The van der Waals surface area contributed by atoms with Crippen LogP contribution in [0.1, 0.15) is 17.5 Å². The van der Waals surface area contributed by atoms with Gasteiger partial charge in [0.2, 0.25) is 0 Å². The molecule has 2 aromatic carbocycles. The topological polar surface area (TPSA) is 29.5 Å². The average molecular weight is 299 g/mol. The summed E-state index contributed by atoms with van der Waals surface area (Å²) in [6.45, 7) is 2.72. The Kier molecular flexibility index (Phi) is 4.09. The number of nitrogens with zero attached hydrogens (tertiary/aromatic N) is 1. The number of aryl methyl sites for hydroxylation is 2. The van der Waals surface area contributed by atoms with E-state index in [1.165, 1.54) is 35.4 Å². The maximum atomic E-state index is 12.8. The van der Waals surface area contributed by atoms with Crippen molar-refractivity contribution in [1.82, 2.24) is 0 Å². The maximum Gasteiger partial charge on any atom is 0.264 e. The van der Waals surface area contributed by atoms with E-state index in [1.54, 1.807) is 4.90 Å². The first-order valence-corrected chi connectivity index (χ1v) is 7.42. The van der Waals surface area contributed by atoms with E-state index in [0.717, 1.165) is 18.5 Å². The van der Waals surface area contributed by atoms with Crippen LogP contribution < -0.4 is 9.64 Å². The molecule has 0 saturated heterocycles. The molecule has 1 heterocycles. The van der Waals surface area contributed by atoms with Gasteiger partial charge < -0.3 is 9.64 Å². The summed E-state index contributed by atoms with van der Waals surface area (Å²) in [6, 6.07) is 11.8. The lowest BCUT2D eigenvalue weighted by Crippen LogP contribution is -2.38. The van der Waals surface area contributed by atoms with E-state index in [1.807, 2.05) is 12.1 Å². The summed E-state index contributed by atoms with van der Waals surface area (Å²) >= 11 is 0. The van der Waals surface area contributed by atoms with Gasteiger partial charge >= 0.3 is 0 Å². The van der Waals surface area contributed by atoms with Crippen LogP contribution in [0, 0.1) is 12.7 Å². The number of rotatable bonds is 3. The quantitative estimate of drug-likeness (QED) is 0.868. The SMILES string of the molecule is Cc1ccc2c(c1)CCCN2C(=O)COc1ccc(F)cc1. The second kappa shape index (κ2) is 6.18. The van der Waals surface area contributed by atoms with Crippen molar-refractivity contribution in [2.75, 3.05) is 18.1 Å². The third-order valence-electron chi connectivity index (χ3n) is 3.83. The van der Waals surface area contributed by atoms with Gasteiger partial charge in [0.15, 0.2) is 6.61 Å². The number of carbonyl (C=O) groups excluding carboxylic acids is 1. The van der Waals surface area contributed by atoms with Crippen LogP contribution in [0.25, 0.3) is 0 Å². The molecule has 114 valence electrons. The van der Waals surface area contributed by atoms with E-state index < -0.39 is 0 Å². The number of carbonyl (C=O) groups is 1. The van der Waals surface area contributed by atoms with E-state index in [0.29, 0.717) is 12.3 Å². The minimum Gasteiger partial charge on any atom is -0.484 e. The van der Waals surface area contributed by atoms with Gasteiger partial charge in [-0.25, -0.2) is 4.39 Å². The Balaban J connectivity index is 1.70. The Morgan fingerprint density at radius 1 is 1.23 bits per heavy atom. The number of halogens is 1. The molecule has 3 rings (SSSR count). The van der Waals surface area contributed by atoms with Crippen LogP contribution in [0.3, 0.4) is 0 Å². The van der Waals surface area contributed by atoms with Crippen LogP contribution in [0.4, 0.5) is 10.1 Å². The summed E-state index contributed by atoms with van der Waals surface area (Å²) < 4.78 is 18.3. The lowest BCUT2D eigenvalue weighted by atomic mass is 9.99. The van der Waals surface area contributed by atoms with Crippen LogP contribution >= 0.6 is 0 Å². The van der Waals surface area contributed by atoms with Gasteiger partial charge in [-0.1, -0.05) is 17.7 Å². The van der Waals surface area contributed by atoms with E-state index in [2.05, 4.69) is 13.0 Å². The molecule has 0 saturated carbocycles. The average Bonchev–Trinajstić information content (AvgIpc) is 2.53. The Hall–Kier alpha value is -2.36. The van der Waals surface area contributed by atoms with E-state index in [9.17, 15) is 9.18 Å². The molecule has 0 atom stereocenters. The predicted molar refractivity (Wildman–Crippen MR) is 83.7 cm³/mol. The van der Waals surface area contributed by atoms with Crippen molar-refractivity contribution in [2.24, 2.45) is 0 Å². The van der Waals surface area contributed by atoms with Crippen molar-refractivity contribution in [2.45, 2.75) is 19.8 Å². The molecule has 0 N–H and O–H groups in total. The summed E-state index contributed by atoms with van der Waals surface area (Å²) in [7, 11) is 0. The normalized spacial score (nSPS) is 13.6. The Bertz CT molecular complexity index is 682. The highest BCUT2D eigenvalue weighted by Crippen LogP contribution is 2.28. The molecule has 1 amide bonds. The van der Waals surface area contributed by atoms with Crippen molar-refractivity contribution >= 4 is 11.6 Å². The van der Waals surface area contributed by atoms with Crippen LogP contribution in [0.2, 0.25) is 0 Å². The molecule has 0 aromatic heterocycles. The van der Waals surface area contributed by atoms with Gasteiger partial charge in [-0.2, -0.15) is 0 Å². The molecule has 2 aromatic rings. The van der Waals surface area contributed by atoms with Gasteiger partial charge in [0.1, 0.15) is 11.6 Å². The van der Waals surface area contributed by atoms with Crippen molar-refractivity contribution in [1.29, 1.82) is 0 Å². The summed E-state index contributed by atoms with van der Waals surface area (Å²) in [5.74, 6) is 0.101. The third kappa shape index (κ3) is 3.11. The number of amides is 1. The number of benzene rings is 2. The molecule has 0 aliphatic carbocycles. The van der Waals surface area contributed by atoms with E-state index in [-0.39, 0.29) is 18.3 Å². The van der Waals surface area contributed by atoms with Gasteiger partial charge in [0.05, 0.1) is 0 Å². The van der Waals surface area contributed by atoms with Gasteiger partial charge in [-0.15, -0.1) is 0 Å². The zero-order chi connectivity index (χ0) is 15.5. The number of ether oxygens (including phenoxy) is 1. The fourth-order valence-corrected chi connectivity index (χ4v) is 2.74. The molecule has 1 aliphatic heterocycles. The van der Waals surface area contributed by atoms with Crippen molar-refractivity contribution in [3.05, 3.63) is 59.4 Å². The smallest absolute Gasteiger partial charge is 0.264 e. The number of hydrogen-bond donors (Lipinski definition) is 0. The van der Waals surface area contributed by atoms with Gasteiger partial charge in [-0.05, 0) is 55.7 Å². The summed E-state index contributed by atoms with van der Waals surface area (Å²) in [6.07, 6.45) is 1.96. The maximum absolute atomic E-state index is 12.8. The highest BCUT2D eigenvalue weighted by Gasteiger charge is 2.22. The fourth-order valence-electron chi connectivity index (χ4n) is 2.74. The van der Waals surface area contributed by atoms with Crippen molar-refractivity contribution in [3.8, 4) is 5.75 Å². The van der Waals surface area contributed by atoms with Crippen molar-refractivity contribution in [3.63, 3.8) is 0 Å². The van der Waals surface area contributed by atoms with Crippen LogP contribution in [0.5, 0.6) is 5.75 Å². The standard InChI is InChI=1S/C18H18FNO2/c1-13-4-9-17-14(11-13)3-2-10-20(17)18(21)12-22-16-7-5-15(19)6-8-16/h4-9,11H,2-3,10,12H2,1H3. The van der Waals surface area contributed by atoms with Crippen LogP contribution in [-0.4, -0.2) is 19.1 Å². The van der Waals surface area contributed by atoms with Crippen LogP contribution in [-0.2, 0) is 11.2 Å². The van der Waals surface area contributed by atoms with E-state index in [4.69, 9.17) is 4.74 Å². The Morgan fingerprint density at radius 2 is 2.00 bits per heavy atom. The van der Waals surface area contributed by atoms with Gasteiger partial charge in [-0.3, -0.25) is 4.79 Å². The molecule has 1 aliphatic rings. The molecule has 0 unspecified atom stereocenters. The minimum atomic E-state index is -0.320. The molecule has 4 heteroatoms. The summed E-state index contributed by atoms with van der Waals surface area (Å²) in [5.41, 5.74) is 3.39. The zero-order valence-electron chi connectivity index (χ0n) is 12.5. The molecule has 0 spiro atoms. The molecule has 3 nitrogen and oxygen atoms in total. The number of anilines is 1. The highest BCUT2D eigenvalue weighted by molar-refractivity contribution is 5.95. The molecular formula is C18H18FNO2. The first kappa shape index (κ1) is 14.6. The summed E-state index contributed by atoms with van der Waals surface area (Å²) in [5, 5.41) is 0. The third-order valence-corrected chi connectivity index (χ3v) is 3.83. The van der Waals surface area contributed by atoms with Crippen LogP contribution in [0.15, 0.2) is 42.5 Å². The molecule has 0 bridgehead atoms. The van der Waals surface area contributed by atoms with Gasteiger partial charge in [0.25, 0.3) is 5.91 Å². The second-order valence-electron chi connectivity index (χ2n) is 5.52. The van der Waals surface area contributed by atoms with Gasteiger partial charge in [0, 0.05) is 12.2 Å². The molecule has 0 fully saturated rings. The highest BCUT2D eigenvalue weighted by atomic mass is 19.1. The largest absolute Gasteiger partial charge is 0.484 e. The fraction of sp³-hybridized carbons (Fsp3) is 0.278. The zero-order valence-corrected chi connectivity index (χ0v) is 12.5. The first-order valence-electron chi connectivity index (χ1n) is 7.42. The predicted octanol–water partition coefficient (Wildman–Crippen LogP) is 3.49. The first-order chi connectivity index (χ1) is 10.6. The number of hydrogen-bond acceptors (Lipinski definition) is 2. The van der Waals surface area contributed by atoms with E-state index >= 15 is 0 Å². The molecule has 0 radical (unpaired) electrons. The minimum absolute atomic E-state index is 0.0427. The summed E-state index contributed by atoms with van der Waals surface area (Å²) in [4.78, 5) is 14.2.